The first kappa shape index (κ1) is 10.0. The zero-order valence-corrected chi connectivity index (χ0v) is 11.4. The van der Waals surface area contributed by atoms with Crippen LogP contribution in [0.15, 0.2) is 29.3 Å². The number of fused-ring (bicyclic) bond motifs is 1. The Labute approximate surface area is 110 Å². The SMILES string of the molecule is [2H]C([2H])(C)N(C)CCc1c[nH]c2ccc(SC)cc12. The first-order valence-electron chi connectivity index (χ1n) is 6.77. The lowest BCUT2D eigenvalue weighted by Crippen LogP contribution is -2.20. The molecular weight excluding hydrogens is 228 g/mol. The van der Waals surface area contributed by atoms with Crippen LogP contribution in [0.4, 0.5) is 0 Å². The second-order valence-corrected chi connectivity index (χ2v) is 5.00. The van der Waals surface area contributed by atoms with Gasteiger partial charge in [0.1, 0.15) is 0 Å². The minimum atomic E-state index is -1.27. The Morgan fingerprint density at radius 3 is 3.00 bits per heavy atom. The van der Waals surface area contributed by atoms with E-state index >= 15 is 0 Å². The molecule has 0 fully saturated rings. The van der Waals surface area contributed by atoms with Crippen LogP contribution in [0.1, 0.15) is 15.2 Å². The standard InChI is InChI=1S/C14H20N2S/c1-4-16(2)8-7-11-10-15-14-6-5-12(17-3)9-13(11)14/h5-6,9-10,15H,4,7-8H2,1-3H3/i4D2. The third kappa shape index (κ3) is 2.85. The summed E-state index contributed by atoms with van der Waals surface area (Å²) in [6.45, 7) is 1.03. The first-order chi connectivity index (χ1) is 8.91. The lowest BCUT2D eigenvalue weighted by molar-refractivity contribution is 0.358. The van der Waals surface area contributed by atoms with Gasteiger partial charge < -0.3 is 9.88 Å². The summed E-state index contributed by atoms with van der Waals surface area (Å²) in [5, 5.41) is 1.25. The number of hydrogen-bond donors (Lipinski definition) is 1. The van der Waals surface area contributed by atoms with Gasteiger partial charge in [0.05, 0.1) is 0 Å². The van der Waals surface area contributed by atoms with Crippen molar-refractivity contribution in [3.05, 3.63) is 30.0 Å². The molecule has 0 saturated heterocycles. The number of aromatic nitrogens is 1. The van der Waals surface area contributed by atoms with Gasteiger partial charge in [-0.05, 0) is 50.0 Å². The van der Waals surface area contributed by atoms with Gasteiger partial charge in [0.25, 0.3) is 0 Å². The van der Waals surface area contributed by atoms with Crippen LogP contribution in [-0.2, 0) is 6.42 Å². The number of thioether (sulfide) groups is 1. The van der Waals surface area contributed by atoms with Gasteiger partial charge in [0, 0.05) is 31.3 Å². The van der Waals surface area contributed by atoms with Crippen molar-refractivity contribution in [2.45, 2.75) is 18.2 Å². The van der Waals surface area contributed by atoms with Gasteiger partial charge in [0.15, 0.2) is 0 Å². The average Bonchev–Trinajstić information content (AvgIpc) is 2.76. The van der Waals surface area contributed by atoms with Crippen LogP contribution in [0.3, 0.4) is 0 Å². The van der Waals surface area contributed by atoms with Crippen molar-refractivity contribution in [2.75, 3.05) is 26.3 Å². The number of hydrogen-bond acceptors (Lipinski definition) is 2. The summed E-state index contributed by atoms with van der Waals surface area (Å²) >= 11 is 1.74. The van der Waals surface area contributed by atoms with Crippen molar-refractivity contribution in [3.8, 4) is 0 Å². The molecule has 2 nitrogen and oxygen atoms in total. The van der Waals surface area contributed by atoms with E-state index in [1.54, 1.807) is 23.6 Å². The molecule has 0 aliphatic heterocycles. The van der Waals surface area contributed by atoms with E-state index in [4.69, 9.17) is 2.74 Å². The summed E-state index contributed by atoms with van der Waals surface area (Å²) in [7, 11) is 1.82. The molecule has 0 saturated carbocycles. The minimum absolute atomic E-state index is 0.708. The van der Waals surface area contributed by atoms with Crippen LogP contribution in [0.5, 0.6) is 0 Å². The fourth-order valence-electron chi connectivity index (χ4n) is 1.89. The van der Waals surface area contributed by atoms with E-state index in [9.17, 15) is 0 Å². The maximum absolute atomic E-state index is 7.67. The molecule has 0 radical (unpaired) electrons. The highest BCUT2D eigenvalue weighted by Gasteiger charge is 2.05. The Kier molecular flexibility index (Phi) is 3.31. The highest BCUT2D eigenvalue weighted by atomic mass is 32.2. The number of likely N-dealkylation sites (N-methyl/N-ethyl adjacent to an activating group) is 1. The maximum Gasteiger partial charge on any atom is 0.0457 e. The topological polar surface area (TPSA) is 19.0 Å². The zero-order chi connectivity index (χ0) is 14.0. The van der Waals surface area contributed by atoms with Crippen molar-refractivity contribution in [3.63, 3.8) is 0 Å². The lowest BCUT2D eigenvalue weighted by Gasteiger charge is -2.12. The normalized spacial score (nSPS) is 14.1. The van der Waals surface area contributed by atoms with E-state index < -0.39 is 6.50 Å². The van der Waals surface area contributed by atoms with Gasteiger partial charge in [-0.25, -0.2) is 0 Å². The third-order valence-electron chi connectivity index (χ3n) is 3.07. The van der Waals surface area contributed by atoms with Crippen LogP contribution < -0.4 is 0 Å². The van der Waals surface area contributed by atoms with E-state index in [0.717, 1.165) is 11.9 Å². The number of H-pyrrole nitrogens is 1. The van der Waals surface area contributed by atoms with Gasteiger partial charge in [-0.15, -0.1) is 11.8 Å². The molecule has 0 aliphatic carbocycles. The smallest absolute Gasteiger partial charge is 0.0457 e. The molecule has 2 aromatic rings. The Morgan fingerprint density at radius 1 is 1.47 bits per heavy atom. The number of aromatic amines is 1. The van der Waals surface area contributed by atoms with Crippen LogP contribution in [0.2, 0.25) is 0 Å². The average molecular weight is 250 g/mol. The summed E-state index contributed by atoms with van der Waals surface area (Å²) in [6.07, 6.45) is 4.96. The Hall–Kier alpha value is -0.930. The summed E-state index contributed by atoms with van der Waals surface area (Å²) < 4.78 is 15.3. The molecule has 92 valence electrons. The molecule has 0 atom stereocenters. The van der Waals surface area contributed by atoms with Gasteiger partial charge >= 0.3 is 0 Å². The Morgan fingerprint density at radius 2 is 2.29 bits per heavy atom. The number of nitrogens with one attached hydrogen (secondary N) is 1. The first-order valence-corrected chi connectivity index (χ1v) is 6.99. The lowest BCUT2D eigenvalue weighted by atomic mass is 10.1. The molecule has 3 heteroatoms. The fraction of sp³-hybridized carbons (Fsp3) is 0.429. The second kappa shape index (κ2) is 5.61. The van der Waals surface area contributed by atoms with E-state index in [1.807, 2.05) is 13.2 Å². The van der Waals surface area contributed by atoms with Crippen LogP contribution >= 0.6 is 11.8 Å². The molecule has 0 bridgehead atoms. The number of rotatable bonds is 5. The van der Waals surface area contributed by atoms with Gasteiger partial charge in [-0.1, -0.05) is 6.92 Å². The van der Waals surface area contributed by atoms with E-state index in [0.29, 0.717) is 6.54 Å². The highest BCUT2D eigenvalue weighted by Crippen LogP contribution is 2.24. The van der Waals surface area contributed by atoms with Crippen molar-refractivity contribution in [2.24, 2.45) is 0 Å². The highest BCUT2D eigenvalue weighted by molar-refractivity contribution is 7.98. The number of benzene rings is 1. The van der Waals surface area contributed by atoms with Crippen molar-refractivity contribution in [1.29, 1.82) is 0 Å². The molecule has 0 spiro atoms. The number of nitrogens with zero attached hydrogens (tertiary/aromatic N) is 1. The Bertz CT molecular complexity index is 560. The van der Waals surface area contributed by atoms with Gasteiger partial charge in [-0.2, -0.15) is 0 Å². The third-order valence-corrected chi connectivity index (χ3v) is 3.80. The molecule has 0 unspecified atom stereocenters. The molecular formula is C14H20N2S. The molecule has 0 aliphatic rings. The van der Waals surface area contributed by atoms with Crippen LogP contribution in [-0.4, -0.2) is 36.2 Å². The van der Waals surface area contributed by atoms with Crippen LogP contribution in [0, 0.1) is 0 Å². The Balaban J connectivity index is 2.17. The molecule has 17 heavy (non-hydrogen) atoms. The monoisotopic (exact) mass is 250 g/mol. The van der Waals surface area contributed by atoms with Gasteiger partial charge in [-0.3, -0.25) is 0 Å². The van der Waals surface area contributed by atoms with E-state index in [1.165, 1.54) is 15.8 Å². The summed E-state index contributed by atoms with van der Waals surface area (Å²) in [5.41, 5.74) is 2.40. The van der Waals surface area contributed by atoms with Crippen molar-refractivity contribution >= 4 is 22.7 Å². The molecule has 1 N–H and O–H groups in total. The molecule has 2 rings (SSSR count). The van der Waals surface area contributed by atoms with Crippen LogP contribution in [0.25, 0.3) is 10.9 Å². The summed E-state index contributed by atoms with van der Waals surface area (Å²) in [6, 6.07) is 6.42. The predicted octanol–water partition coefficient (Wildman–Crippen LogP) is 3.38. The molecule has 1 aromatic carbocycles. The minimum Gasteiger partial charge on any atom is -0.361 e. The molecule has 0 amide bonds. The second-order valence-electron chi connectivity index (χ2n) is 4.12. The quantitative estimate of drug-likeness (QED) is 0.820. The van der Waals surface area contributed by atoms with Crippen molar-refractivity contribution in [1.82, 2.24) is 9.88 Å². The maximum atomic E-state index is 7.67. The zero-order valence-electron chi connectivity index (χ0n) is 12.6. The van der Waals surface area contributed by atoms with E-state index in [2.05, 4.69) is 29.4 Å². The largest absolute Gasteiger partial charge is 0.361 e. The van der Waals surface area contributed by atoms with E-state index in [-0.39, 0.29) is 0 Å². The van der Waals surface area contributed by atoms with Gasteiger partial charge in [0.2, 0.25) is 0 Å². The van der Waals surface area contributed by atoms with Crippen molar-refractivity contribution < 1.29 is 2.74 Å². The fourth-order valence-corrected chi connectivity index (χ4v) is 2.33. The summed E-state index contributed by atoms with van der Waals surface area (Å²) in [5.74, 6) is 0. The molecule has 1 aromatic heterocycles. The predicted molar refractivity (Wildman–Crippen MR) is 77.0 cm³/mol. The molecule has 1 heterocycles. The summed E-state index contributed by atoms with van der Waals surface area (Å²) in [4.78, 5) is 6.28.